The minimum atomic E-state index is -4.01. The first kappa shape index (κ1) is 44.3. The van der Waals surface area contributed by atoms with Gasteiger partial charge in [0.1, 0.15) is 17.8 Å². The van der Waals surface area contributed by atoms with Crippen molar-refractivity contribution < 1.29 is 41.8 Å². The summed E-state index contributed by atoms with van der Waals surface area (Å²) in [6, 6.07) is 6.47. The predicted molar refractivity (Wildman–Crippen MR) is 232 cm³/mol. The highest BCUT2D eigenvalue weighted by molar-refractivity contribution is 7.90. The van der Waals surface area contributed by atoms with E-state index in [0.717, 1.165) is 4.31 Å². The Balaban J connectivity index is 0.841. The normalized spacial score (nSPS) is 18.6. The number of piperidine rings is 2. The molecule has 338 valence electrons. The summed E-state index contributed by atoms with van der Waals surface area (Å²) >= 11 is 0. The fourth-order valence-corrected chi connectivity index (χ4v) is 9.00. The van der Waals surface area contributed by atoms with E-state index in [1.165, 1.54) is 43.7 Å². The van der Waals surface area contributed by atoms with E-state index in [1.807, 2.05) is 4.90 Å². The number of carbonyl (C=O) groups excluding carboxylic acids is 3. The fraction of sp³-hybridized carbons (Fsp3) is 0.405. The van der Waals surface area contributed by atoms with E-state index in [1.54, 1.807) is 41.4 Å². The number of halogens is 2. The number of aromatic nitrogens is 5. The number of pyridine rings is 2. The quantitative estimate of drug-likeness (QED) is 0.0932. The number of piperazine rings is 1. The van der Waals surface area contributed by atoms with Gasteiger partial charge in [0.2, 0.25) is 23.7 Å². The number of aromatic amines is 1. The first-order valence-corrected chi connectivity index (χ1v) is 22.3. The van der Waals surface area contributed by atoms with E-state index in [4.69, 9.17) is 0 Å². The van der Waals surface area contributed by atoms with E-state index >= 15 is 8.78 Å². The molecule has 64 heavy (non-hydrogen) atoms. The Hall–Kier alpha value is -6.36. The number of fused-ring (bicyclic) bond motifs is 1. The second-order valence-electron chi connectivity index (χ2n) is 16.2. The number of aliphatic hydroxyl groups is 2. The fourth-order valence-electron chi connectivity index (χ4n) is 8.07. The summed E-state index contributed by atoms with van der Waals surface area (Å²) in [4.78, 5) is 63.2. The average molecular weight is 903 g/mol. The number of hydrogen-bond donors (Lipinski definition) is 6. The Labute approximate surface area is 367 Å². The maximum Gasteiger partial charge on any atom is 0.301 e. The third-order valence-electron chi connectivity index (χ3n) is 12.0. The predicted octanol–water partition coefficient (Wildman–Crippen LogP) is 2.67. The van der Waals surface area contributed by atoms with Gasteiger partial charge in [0.15, 0.2) is 17.5 Å². The van der Waals surface area contributed by atoms with Crippen LogP contribution in [0.2, 0.25) is 0 Å². The topological polar surface area (TPSA) is 242 Å². The molecule has 3 aliphatic heterocycles. The Morgan fingerprint density at radius 1 is 0.969 bits per heavy atom. The Kier molecular flexibility index (Phi) is 12.5. The number of nitrogens with zero attached hydrogens (tertiary/aromatic N) is 8. The molecule has 0 spiro atoms. The maximum atomic E-state index is 15.7. The zero-order chi connectivity index (χ0) is 45.3. The van der Waals surface area contributed by atoms with E-state index in [-0.39, 0.29) is 74.2 Å². The summed E-state index contributed by atoms with van der Waals surface area (Å²) < 4.78 is 59.2. The molecule has 7 heterocycles. The largest absolute Gasteiger partial charge is 0.389 e. The van der Waals surface area contributed by atoms with E-state index in [0.29, 0.717) is 72.0 Å². The van der Waals surface area contributed by atoms with Gasteiger partial charge < -0.3 is 35.2 Å². The summed E-state index contributed by atoms with van der Waals surface area (Å²) in [5, 5.41) is 28.5. The number of imide groups is 1. The lowest BCUT2D eigenvalue weighted by molar-refractivity contribution is -0.138. The molecule has 3 saturated heterocycles. The number of H-pyrrole nitrogens is 1. The third kappa shape index (κ3) is 9.30. The Morgan fingerprint density at radius 3 is 2.38 bits per heavy atom. The number of anilines is 4. The second kappa shape index (κ2) is 18.0. The van der Waals surface area contributed by atoms with Crippen molar-refractivity contribution in [3.8, 4) is 11.1 Å². The van der Waals surface area contributed by atoms with Crippen LogP contribution in [0.3, 0.4) is 0 Å². The van der Waals surface area contributed by atoms with E-state index in [9.17, 15) is 33.0 Å². The van der Waals surface area contributed by atoms with Gasteiger partial charge in [0.05, 0.1) is 29.6 Å². The molecule has 5 aromatic rings. The van der Waals surface area contributed by atoms with Gasteiger partial charge in [0.25, 0.3) is 0 Å². The van der Waals surface area contributed by atoms with Crippen LogP contribution < -0.4 is 25.2 Å². The molecular weight excluding hydrogens is 855 g/mol. The number of amides is 3. The van der Waals surface area contributed by atoms with Gasteiger partial charge in [-0.2, -0.15) is 12.7 Å². The molecule has 3 fully saturated rings. The van der Waals surface area contributed by atoms with E-state index < -0.39 is 45.5 Å². The van der Waals surface area contributed by atoms with Crippen molar-refractivity contribution in [1.29, 1.82) is 0 Å². The van der Waals surface area contributed by atoms with Crippen molar-refractivity contribution in [3.63, 3.8) is 0 Å². The lowest BCUT2D eigenvalue weighted by atomic mass is 9.87. The molecule has 6 N–H and O–H groups in total. The SMILES string of the molecule is CCN(C)S(=O)(=O)Nc1cccc(C(O)c2c[nH]c3ncc(-c4cnc(N5CCN(C(=O)CC6(O)CCN(c7ncc(NC8CCC(=O)NC8=O)cc7F)CC6)CC5)nc4)cc23)c1F. The molecule has 0 radical (unpaired) electrons. The summed E-state index contributed by atoms with van der Waals surface area (Å²) in [7, 11) is -2.64. The lowest BCUT2D eigenvalue weighted by Gasteiger charge is -2.40. The third-order valence-corrected chi connectivity index (χ3v) is 13.6. The maximum absolute atomic E-state index is 15.7. The van der Waals surface area contributed by atoms with Gasteiger partial charge in [-0.15, -0.1) is 0 Å². The molecule has 1 aromatic carbocycles. The summed E-state index contributed by atoms with van der Waals surface area (Å²) in [5.41, 5.74) is 0.658. The minimum Gasteiger partial charge on any atom is -0.389 e. The van der Waals surface area contributed by atoms with Crippen LogP contribution in [0.4, 0.5) is 31.9 Å². The number of benzene rings is 1. The number of carbonyl (C=O) groups is 3. The highest BCUT2D eigenvalue weighted by Crippen LogP contribution is 2.35. The number of rotatable bonds is 13. The van der Waals surface area contributed by atoms with Crippen LogP contribution in [0.1, 0.15) is 56.3 Å². The van der Waals surface area contributed by atoms with Crippen molar-refractivity contribution in [2.24, 2.45) is 0 Å². The average Bonchev–Trinajstić information content (AvgIpc) is 3.71. The molecule has 2 unspecified atom stereocenters. The van der Waals surface area contributed by atoms with Gasteiger partial charge in [-0.3, -0.25) is 24.4 Å². The van der Waals surface area contributed by atoms with Crippen molar-refractivity contribution >= 4 is 62.1 Å². The van der Waals surface area contributed by atoms with Gasteiger partial charge in [-0.25, -0.2) is 28.7 Å². The zero-order valence-corrected chi connectivity index (χ0v) is 35.9. The molecule has 8 rings (SSSR count). The number of aliphatic hydroxyl groups excluding tert-OH is 1. The van der Waals surface area contributed by atoms with Crippen molar-refractivity contribution in [2.75, 3.05) is 72.7 Å². The lowest BCUT2D eigenvalue weighted by Crippen LogP contribution is -2.52. The summed E-state index contributed by atoms with van der Waals surface area (Å²) in [6.45, 7) is 4.10. The van der Waals surface area contributed by atoms with E-state index in [2.05, 4.69) is 40.3 Å². The van der Waals surface area contributed by atoms with Gasteiger partial charge >= 0.3 is 10.2 Å². The standard InChI is InChI=1S/C42H48F2N12O7S/c1-3-53(2)64(62,63)52-32-6-4-5-28(36(32)44)37(59)30-24-46-38-29(30)17-25(20-45-38)26-21-48-41(49-22-26)56-15-13-54(14-16-56)35(58)19-42(61)9-11-55(12-10-42)39-31(43)18-27(23-47-39)50-33-7-8-34(57)51-40(33)60/h4-6,17-18,20-24,33,37,50,52,59,61H,3,7-16,19H2,1-2H3,(H,45,46)(H,51,57,60). The summed E-state index contributed by atoms with van der Waals surface area (Å²) in [5.74, 6) is -1.93. The smallest absolute Gasteiger partial charge is 0.301 e. The second-order valence-corrected chi connectivity index (χ2v) is 18.0. The van der Waals surface area contributed by atoms with Crippen LogP contribution in [0.5, 0.6) is 0 Å². The molecule has 3 aliphatic rings. The first-order chi connectivity index (χ1) is 30.6. The van der Waals surface area contributed by atoms with Crippen LogP contribution in [0, 0.1) is 11.6 Å². The molecule has 0 aliphatic carbocycles. The number of hydrogen-bond acceptors (Lipinski definition) is 14. The van der Waals surface area contributed by atoms with Crippen molar-refractivity contribution in [3.05, 3.63) is 84.1 Å². The highest BCUT2D eigenvalue weighted by atomic mass is 32.2. The van der Waals surface area contributed by atoms with Crippen molar-refractivity contribution in [1.82, 2.24) is 39.4 Å². The minimum absolute atomic E-state index is 0.0747. The molecular formula is C42H48F2N12O7S. The molecule has 2 atom stereocenters. The van der Waals surface area contributed by atoms with Crippen molar-refractivity contribution in [2.45, 2.75) is 56.8 Å². The van der Waals surface area contributed by atoms with Gasteiger partial charge in [-0.05, 0) is 31.4 Å². The zero-order valence-electron chi connectivity index (χ0n) is 35.1. The monoisotopic (exact) mass is 902 g/mol. The molecule has 0 saturated carbocycles. The Bertz CT molecular complexity index is 2670. The van der Waals surface area contributed by atoms with Gasteiger partial charge in [0, 0.05) is 118 Å². The molecule has 0 bridgehead atoms. The Morgan fingerprint density at radius 2 is 1.69 bits per heavy atom. The van der Waals surface area contributed by atoms with Crippen LogP contribution in [-0.2, 0) is 24.6 Å². The highest BCUT2D eigenvalue weighted by Gasteiger charge is 2.38. The first-order valence-electron chi connectivity index (χ1n) is 20.9. The molecule has 4 aromatic heterocycles. The number of nitrogens with one attached hydrogen (secondary N) is 4. The van der Waals surface area contributed by atoms with Crippen LogP contribution in [0.25, 0.3) is 22.2 Å². The van der Waals surface area contributed by atoms with Crippen LogP contribution in [-0.4, -0.2) is 135 Å². The van der Waals surface area contributed by atoms with Gasteiger partial charge in [-0.1, -0.05) is 19.1 Å². The molecule has 19 nitrogen and oxygen atoms in total. The van der Waals surface area contributed by atoms with Crippen LogP contribution >= 0.6 is 0 Å². The van der Waals surface area contributed by atoms with Crippen LogP contribution in [0.15, 0.2) is 61.3 Å². The molecule has 22 heteroatoms. The molecule has 3 amide bonds. The summed E-state index contributed by atoms with van der Waals surface area (Å²) in [6.07, 6.45) is 7.27.